The molecule has 8 nitrogen and oxygen atoms in total. The van der Waals surface area contributed by atoms with Crippen LogP contribution >= 0.6 is 0 Å². The van der Waals surface area contributed by atoms with Gasteiger partial charge in [-0.1, -0.05) is 30.4 Å². The minimum Gasteiger partial charge on any atom is -0.347 e. The largest absolute Gasteiger partial charge is 0.347 e. The van der Waals surface area contributed by atoms with E-state index in [-0.39, 0.29) is 18.1 Å². The molecule has 5 rings (SSSR count). The number of hydrogen-bond acceptors (Lipinski definition) is 5. The van der Waals surface area contributed by atoms with Crippen molar-refractivity contribution >= 4 is 46.7 Å². The summed E-state index contributed by atoms with van der Waals surface area (Å²) in [7, 11) is 0. The Morgan fingerprint density at radius 3 is 2.76 bits per heavy atom. The molecule has 0 spiro atoms. The number of hydrogen-bond donors (Lipinski definition) is 4. The van der Waals surface area contributed by atoms with Gasteiger partial charge >= 0.3 is 0 Å². The number of rotatable bonds is 7. The van der Waals surface area contributed by atoms with Gasteiger partial charge in [-0.05, 0) is 42.0 Å². The quantitative estimate of drug-likeness (QED) is 0.275. The van der Waals surface area contributed by atoms with Gasteiger partial charge < -0.3 is 20.9 Å². The van der Waals surface area contributed by atoms with Gasteiger partial charge in [-0.3, -0.25) is 9.59 Å². The second kappa shape index (κ2) is 10.2. The van der Waals surface area contributed by atoms with E-state index in [4.69, 9.17) is 0 Å². The molecule has 184 valence electrons. The zero-order chi connectivity index (χ0) is 25.8. The minimum atomic E-state index is -0.984. The van der Waals surface area contributed by atoms with Crippen molar-refractivity contribution in [2.75, 3.05) is 17.2 Å². The molecular formula is C27H20F2N6O2. The monoisotopic (exact) mass is 498 g/mol. The normalized spacial score (nSPS) is 13.6. The standard InChI is InChI=1S/C27H20F2N6O2/c28-21-9-7-17(13-22(21)29)33-25-5-1-4-23(34-25)27(37)31-10-2-3-16-6-8-19-20(12-18-14-30-15-32-18)26(36)35-24(19)11-16/h1-9,11-15H,10H2,(H,30,32)(H,31,37)(H,33,34)(H,35,36)/b3-2+,20-12-. The van der Waals surface area contributed by atoms with E-state index in [1.807, 2.05) is 24.3 Å². The molecule has 0 saturated carbocycles. The predicted octanol–water partition coefficient (Wildman–Crippen LogP) is 4.76. The summed E-state index contributed by atoms with van der Waals surface area (Å²) >= 11 is 0. The van der Waals surface area contributed by atoms with Crippen LogP contribution in [0.15, 0.2) is 73.2 Å². The third kappa shape index (κ3) is 5.43. The summed E-state index contributed by atoms with van der Waals surface area (Å²) < 4.78 is 26.5. The number of carbonyl (C=O) groups is 2. The Labute approximate surface area is 210 Å². The molecule has 0 radical (unpaired) electrons. The Kier molecular flexibility index (Phi) is 6.54. The second-order valence-electron chi connectivity index (χ2n) is 8.10. The van der Waals surface area contributed by atoms with Crippen molar-refractivity contribution in [3.05, 3.63) is 107 Å². The summed E-state index contributed by atoms with van der Waals surface area (Å²) in [6, 6.07) is 13.8. The topological polar surface area (TPSA) is 112 Å². The van der Waals surface area contributed by atoms with Crippen LogP contribution in [0.1, 0.15) is 27.3 Å². The Morgan fingerprint density at radius 2 is 1.95 bits per heavy atom. The van der Waals surface area contributed by atoms with E-state index in [1.54, 1.807) is 42.9 Å². The molecule has 0 fully saturated rings. The molecule has 1 aliphatic rings. The van der Waals surface area contributed by atoms with Crippen molar-refractivity contribution in [2.45, 2.75) is 0 Å². The maximum Gasteiger partial charge on any atom is 0.270 e. The number of benzene rings is 2. The van der Waals surface area contributed by atoms with Crippen molar-refractivity contribution in [1.29, 1.82) is 0 Å². The maximum absolute atomic E-state index is 13.4. The first-order valence-corrected chi connectivity index (χ1v) is 11.3. The highest BCUT2D eigenvalue weighted by molar-refractivity contribution is 6.34. The highest BCUT2D eigenvalue weighted by Gasteiger charge is 2.24. The number of amides is 2. The fraction of sp³-hybridized carbons (Fsp3) is 0.0370. The highest BCUT2D eigenvalue weighted by atomic mass is 19.2. The van der Waals surface area contributed by atoms with Gasteiger partial charge in [0.2, 0.25) is 0 Å². The number of nitrogens with zero attached hydrogens (tertiary/aromatic N) is 2. The highest BCUT2D eigenvalue weighted by Crippen LogP contribution is 2.33. The van der Waals surface area contributed by atoms with E-state index in [0.29, 0.717) is 22.8 Å². The summed E-state index contributed by atoms with van der Waals surface area (Å²) in [6.07, 6.45) is 8.54. The van der Waals surface area contributed by atoms with Gasteiger partial charge in [-0.15, -0.1) is 0 Å². The molecule has 4 aromatic rings. The van der Waals surface area contributed by atoms with Crippen LogP contribution in [0.3, 0.4) is 0 Å². The Morgan fingerprint density at radius 1 is 1.05 bits per heavy atom. The van der Waals surface area contributed by atoms with Crippen LogP contribution < -0.4 is 16.0 Å². The van der Waals surface area contributed by atoms with Crippen LogP contribution in [0.5, 0.6) is 0 Å². The van der Waals surface area contributed by atoms with Gasteiger partial charge in [0.05, 0.1) is 23.8 Å². The predicted molar refractivity (Wildman–Crippen MR) is 137 cm³/mol. The molecule has 2 aromatic heterocycles. The first kappa shape index (κ1) is 23.6. The summed E-state index contributed by atoms with van der Waals surface area (Å²) in [6.45, 7) is 0.246. The summed E-state index contributed by atoms with van der Waals surface area (Å²) in [5.41, 5.74) is 4.12. The Hall–Kier alpha value is -5.12. The lowest BCUT2D eigenvalue weighted by atomic mass is 10.0. The molecule has 2 aromatic carbocycles. The average Bonchev–Trinajstić information content (AvgIpc) is 3.52. The number of aromatic nitrogens is 3. The Balaban J connectivity index is 1.19. The lowest BCUT2D eigenvalue weighted by Gasteiger charge is -2.08. The third-order valence-corrected chi connectivity index (χ3v) is 5.51. The molecule has 37 heavy (non-hydrogen) atoms. The molecule has 0 saturated heterocycles. The molecule has 1 aliphatic heterocycles. The lowest BCUT2D eigenvalue weighted by molar-refractivity contribution is -0.110. The molecule has 4 N–H and O–H groups in total. The third-order valence-electron chi connectivity index (χ3n) is 5.51. The van der Waals surface area contributed by atoms with Gasteiger partial charge in [0.1, 0.15) is 11.5 Å². The summed E-state index contributed by atoms with van der Waals surface area (Å²) in [4.78, 5) is 36.0. The van der Waals surface area contributed by atoms with E-state index in [1.165, 1.54) is 6.07 Å². The number of anilines is 3. The number of imidazole rings is 1. The van der Waals surface area contributed by atoms with Crippen molar-refractivity contribution < 1.29 is 18.4 Å². The number of halogens is 2. The zero-order valence-electron chi connectivity index (χ0n) is 19.3. The van der Waals surface area contributed by atoms with E-state index >= 15 is 0 Å². The van der Waals surface area contributed by atoms with Gasteiger partial charge in [0.15, 0.2) is 11.6 Å². The van der Waals surface area contributed by atoms with Crippen molar-refractivity contribution in [3.8, 4) is 0 Å². The fourth-order valence-corrected chi connectivity index (χ4v) is 3.75. The molecule has 0 unspecified atom stereocenters. The lowest BCUT2D eigenvalue weighted by Crippen LogP contribution is -2.24. The number of carbonyl (C=O) groups excluding carboxylic acids is 2. The van der Waals surface area contributed by atoms with E-state index in [0.717, 1.165) is 29.0 Å². The van der Waals surface area contributed by atoms with Crippen molar-refractivity contribution in [2.24, 2.45) is 0 Å². The summed E-state index contributed by atoms with van der Waals surface area (Å²) in [5.74, 6) is -2.20. The first-order chi connectivity index (χ1) is 18.0. The van der Waals surface area contributed by atoms with Crippen LogP contribution in [-0.4, -0.2) is 33.3 Å². The van der Waals surface area contributed by atoms with Crippen LogP contribution in [0.25, 0.3) is 17.7 Å². The molecule has 10 heteroatoms. The second-order valence-corrected chi connectivity index (χ2v) is 8.10. The zero-order valence-corrected chi connectivity index (χ0v) is 19.3. The minimum absolute atomic E-state index is 0.165. The number of fused-ring (bicyclic) bond motifs is 1. The average molecular weight is 498 g/mol. The molecule has 0 atom stereocenters. The number of H-pyrrole nitrogens is 1. The molecule has 0 bridgehead atoms. The SMILES string of the molecule is O=C1Nc2cc(/C=C/CNC(=O)c3cccc(Nc4ccc(F)c(F)c4)n3)ccc2/C1=C/c1cnc[nH]1. The van der Waals surface area contributed by atoms with E-state index < -0.39 is 17.5 Å². The Bertz CT molecular complexity index is 1550. The van der Waals surface area contributed by atoms with E-state index in [9.17, 15) is 18.4 Å². The number of nitrogens with one attached hydrogen (secondary N) is 4. The van der Waals surface area contributed by atoms with Crippen molar-refractivity contribution in [1.82, 2.24) is 20.3 Å². The number of aromatic amines is 1. The van der Waals surface area contributed by atoms with Crippen LogP contribution in [-0.2, 0) is 4.79 Å². The smallest absolute Gasteiger partial charge is 0.270 e. The van der Waals surface area contributed by atoms with Crippen molar-refractivity contribution in [3.63, 3.8) is 0 Å². The fourth-order valence-electron chi connectivity index (χ4n) is 3.75. The molecule has 0 aliphatic carbocycles. The van der Waals surface area contributed by atoms with Crippen LogP contribution in [0.4, 0.5) is 26.0 Å². The number of pyridine rings is 1. The van der Waals surface area contributed by atoms with Gasteiger partial charge in [0, 0.05) is 29.5 Å². The van der Waals surface area contributed by atoms with Gasteiger partial charge in [0.25, 0.3) is 11.8 Å². The molecule has 3 heterocycles. The first-order valence-electron chi connectivity index (χ1n) is 11.3. The summed E-state index contributed by atoms with van der Waals surface area (Å²) in [5, 5.41) is 8.46. The van der Waals surface area contributed by atoms with Crippen LogP contribution in [0, 0.1) is 11.6 Å². The van der Waals surface area contributed by atoms with Crippen LogP contribution in [0.2, 0.25) is 0 Å². The van der Waals surface area contributed by atoms with Gasteiger partial charge in [-0.2, -0.15) is 0 Å². The molecular weight excluding hydrogens is 478 g/mol. The van der Waals surface area contributed by atoms with Gasteiger partial charge in [-0.25, -0.2) is 18.7 Å². The maximum atomic E-state index is 13.4. The van der Waals surface area contributed by atoms with E-state index in [2.05, 4.69) is 30.9 Å². The molecule has 2 amide bonds.